The second kappa shape index (κ2) is 5.24. The monoisotopic (exact) mass is 279 g/mol. The second-order valence-electron chi connectivity index (χ2n) is 4.60. The van der Waals surface area contributed by atoms with E-state index in [-0.39, 0.29) is 5.78 Å². The Bertz CT molecular complexity index is 795. The van der Waals surface area contributed by atoms with Gasteiger partial charge in [-0.25, -0.2) is 9.97 Å². The maximum absolute atomic E-state index is 11.5. The minimum Gasteiger partial charge on any atom is -0.293 e. The van der Waals surface area contributed by atoms with E-state index in [0.717, 1.165) is 5.56 Å². The van der Waals surface area contributed by atoms with Gasteiger partial charge in [0.2, 0.25) is 0 Å². The first-order chi connectivity index (χ1) is 10.2. The van der Waals surface area contributed by atoms with Gasteiger partial charge in [0.15, 0.2) is 23.1 Å². The SMILES string of the molecule is CC(=O)c1nnn(-c2ccnc(-c3ccccc3)n2)c1C. The Morgan fingerprint density at radius 3 is 2.57 bits per heavy atom. The standard InChI is InChI=1S/C15H13N5O/c1-10-14(11(2)21)18-19-20(10)13-8-9-16-15(17-13)12-6-4-3-5-7-12/h3-9H,1-2H3. The molecule has 0 radical (unpaired) electrons. The molecular weight excluding hydrogens is 266 g/mol. The van der Waals surface area contributed by atoms with E-state index in [1.807, 2.05) is 30.3 Å². The molecule has 0 N–H and O–H groups in total. The second-order valence-corrected chi connectivity index (χ2v) is 4.60. The Labute approximate surface area is 121 Å². The number of Topliss-reactive ketones (excluding diaryl/α,β-unsaturated/α-hetero) is 1. The average molecular weight is 279 g/mol. The number of ketones is 1. The number of rotatable bonds is 3. The summed E-state index contributed by atoms with van der Waals surface area (Å²) in [6.07, 6.45) is 1.67. The zero-order valence-corrected chi connectivity index (χ0v) is 11.7. The van der Waals surface area contributed by atoms with Gasteiger partial charge in [0.25, 0.3) is 0 Å². The number of carbonyl (C=O) groups is 1. The Morgan fingerprint density at radius 1 is 1.14 bits per heavy atom. The Morgan fingerprint density at radius 2 is 1.90 bits per heavy atom. The van der Waals surface area contributed by atoms with E-state index in [0.29, 0.717) is 23.0 Å². The summed E-state index contributed by atoms with van der Waals surface area (Å²) < 4.78 is 1.55. The van der Waals surface area contributed by atoms with Crippen LogP contribution in [-0.4, -0.2) is 30.7 Å². The van der Waals surface area contributed by atoms with Gasteiger partial charge < -0.3 is 0 Å². The van der Waals surface area contributed by atoms with Crippen LogP contribution in [0.5, 0.6) is 0 Å². The summed E-state index contributed by atoms with van der Waals surface area (Å²) in [7, 11) is 0. The molecule has 0 aliphatic heterocycles. The highest BCUT2D eigenvalue weighted by atomic mass is 16.1. The molecule has 0 saturated carbocycles. The summed E-state index contributed by atoms with van der Waals surface area (Å²) in [5.41, 5.74) is 1.94. The molecule has 3 rings (SSSR count). The summed E-state index contributed by atoms with van der Waals surface area (Å²) in [4.78, 5) is 20.2. The van der Waals surface area contributed by atoms with Gasteiger partial charge in [-0.1, -0.05) is 35.5 Å². The van der Waals surface area contributed by atoms with Crippen LogP contribution in [-0.2, 0) is 0 Å². The van der Waals surface area contributed by atoms with Crippen LogP contribution in [0.2, 0.25) is 0 Å². The van der Waals surface area contributed by atoms with Crippen molar-refractivity contribution in [2.45, 2.75) is 13.8 Å². The van der Waals surface area contributed by atoms with E-state index < -0.39 is 0 Å². The zero-order valence-electron chi connectivity index (χ0n) is 11.7. The van der Waals surface area contributed by atoms with Crippen molar-refractivity contribution in [2.24, 2.45) is 0 Å². The summed E-state index contributed by atoms with van der Waals surface area (Å²) in [6, 6.07) is 11.4. The van der Waals surface area contributed by atoms with Crippen molar-refractivity contribution in [3.63, 3.8) is 0 Å². The van der Waals surface area contributed by atoms with Crippen LogP contribution in [0, 0.1) is 6.92 Å². The maximum Gasteiger partial charge on any atom is 0.181 e. The summed E-state index contributed by atoms with van der Waals surface area (Å²) >= 11 is 0. The highest BCUT2D eigenvalue weighted by Gasteiger charge is 2.15. The molecule has 21 heavy (non-hydrogen) atoms. The molecule has 2 heterocycles. The summed E-state index contributed by atoms with van der Waals surface area (Å²) in [5, 5.41) is 7.89. The molecule has 6 nitrogen and oxygen atoms in total. The third-order valence-corrected chi connectivity index (χ3v) is 3.12. The predicted octanol–water partition coefficient (Wildman–Crippen LogP) is 2.24. The first-order valence-corrected chi connectivity index (χ1v) is 6.49. The molecule has 3 aromatic rings. The van der Waals surface area contributed by atoms with Crippen LogP contribution in [0.3, 0.4) is 0 Å². The van der Waals surface area contributed by atoms with Crippen molar-refractivity contribution in [3.8, 4) is 17.2 Å². The lowest BCUT2D eigenvalue weighted by atomic mass is 10.2. The lowest BCUT2D eigenvalue weighted by molar-refractivity contribution is 0.101. The number of benzene rings is 1. The molecule has 0 amide bonds. The summed E-state index contributed by atoms with van der Waals surface area (Å²) in [6.45, 7) is 3.26. The van der Waals surface area contributed by atoms with Crippen molar-refractivity contribution in [2.75, 3.05) is 0 Å². The fourth-order valence-corrected chi connectivity index (χ4v) is 2.07. The minimum atomic E-state index is -0.115. The van der Waals surface area contributed by atoms with E-state index >= 15 is 0 Å². The fraction of sp³-hybridized carbons (Fsp3) is 0.133. The number of hydrogen-bond acceptors (Lipinski definition) is 5. The van der Waals surface area contributed by atoms with Gasteiger partial charge in [0.05, 0.1) is 5.69 Å². The van der Waals surface area contributed by atoms with Gasteiger partial charge in [-0.05, 0) is 6.92 Å². The van der Waals surface area contributed by atoms with Gasteiger partial charge in [-0.15, -0.1) is 5.10 Å². The largest absolute Gasteiger partial charge is 0.293 e. The highest BCUT2D eigenvalue weighted by molar-refractivity contribution is 5.93. The van der Waals surface area contributed by atoms with Crippen molar-refractivity contribution in [1.29, 1.82) is 0 Å². The smallest absolute Gasteiger partial charge is 0.181 e. The predicted molar refractivity (Wildman–Crippen MR) is 77.1 cm³/mol. The molecule has 104 valence electrons. The van der Waals surface area contributed by atoms with Gasteiger partial charge in [-0.2, -0.15) is 4.68 Å². The van der Waals surface area contributed by atoms with Crippen molar-refractivity contribution in [1.82, 2.24) is 25.0 Å². The Balaban J connectivity index is 2.07. The van der Waals surface area contributed by atoms with E-state index in [2.05, 4.69) is 20.3 Å². The molecule has 2 aromatic heterocycles. The molecule has 0 aliphatic carbocycles. The lowest BCUT2D eigenvalue weighted by Gasteiger charge is -2.04. The molecule has 0 bridgehead atoms. The number of nitrogens with zero attached hydrogens (tertiary/aromatic N) is 5. The molecule has 0 fully saturated rings. The molecule has 0 atom stereocenters. The van der Waals surface area contributed by atoms with Crippen molar-refractivity contribution in [3.05, 3.63) is 54.0 Å². The molecule has 0 aliphatic rings. The Hall–Kier alpha value is -2.89. The van der Waals surface area contributed by atoms with Gasteiger partial charge in [-0.3, -0.25) is 4.79 Å². The molecule has 0 unspecified atom stereocenters. The van der Waals surface area contributed by atoms with Gasteiger partial charge in [0.1, 0.15) is 0 Å². The molecule has 0 spiro atoms. The van der Waals surface area contributed by atoms with Crippen LogP contribution in [0.15, 0.2) is 42.6 Å². The average Bonchev–Trinajstić information content (AvgIpc) is 2.90. The molecule has 0 saturated heterocycles. The lowest BCUT2D eigenvalue weighted by Crippen LogP contribution is -2.04. The van der Waals surface area contributed by atoms with Crippen LogP contribution < -0.4 is 0 Å². The van der Waals surface area contributed by atoms with Crippen LogP contribution >= 0.6 is 0 Å². The van der Waals surface area contributed by atoms with Crippen molar-refractivity contribution < 1.29 is 4.79 Å². The molecular formula is C15H13N5O. The van der Waals surface area contributed by atoms with Crippen LogP contribution in [0.1, 0.15) is 23.1 Å². The number of carbonyl (C=O) groups excluding carboxylic acids is 1. The van der Waals surface area contributed by atoms with Gasteiger partial charge in [0, 0.05) is 24.8 Å². The molecule has 1 aromatic carbocycles. The van der Waals surface area contributed by atoms with E-state index in [4.69, 9.17) is 0 Å². The third-order valence-electron chi connectivity index (χ3n) is 3.12. The quantitative estimate of drug-likeness (QED) is 0.687. The fourth-order valence-electron chi connectivity index (χ4n) is 2.07. The Kier molecular flexibility index (Phi) is 3.27. The van der Waals surface area contributed by atoms with E-state index in [1.54, 1.807) is 23.9 Å². The first-order valence-electron chi connectivity index (χ1n) is 6.49. The van der Waals surface area contributed by atoms with Crippen molar-refractivity contribution >= 4 is 5.78 Å². The highest BCUT2D eigenvalue weighted by Crippen LogP contribution is 2.16. The van der Waals surface area contributed by atoms with E-state index in [1.165, 1.54) is 6.92 Å². The first kappa shape index (κ1) is 13.1. The van der Waals surface area contributed by atoms with Gasteiger partial charge >= 0.3 is 0 Å². The topological polar surface area (TPSA) is 73.6 Å². The van der Waals surface area contributed by atoms with Crippen LogP contribution in [0.25, 0.3) is 17.2 Å². The third kappa shape index (κ3) is 2.43. The summed E-state index contributed by atoms with van der Waals surface area (Å²) in [5.74, 6) is 1.07. The molecule has 6 heteroatoms. The minimum absolute atomic E-state index is 0.115. The normalized spacial score (nSPS) is 10.6. The number of aromatic nitrogens is 5. The van der Waals surface area contributed by atoms with E-state index in [9.17, 15) is 4.79 Å². The maximum atomic E-state index is 11.5. The zero-order chi connectivity index (χ0) is 14.8. The number of hydrogen-bond donors (Lipinski definition) is 0. The van der Waals surface area contributed by atoms with Crippen LogP contribution in [0.4, 0.5) is 0 Å².